The summed E-state index contributed by atoms with van der Waals surface area (Å²) in [6.07, 6.45) is 6.99. The first-order valence-corrected chi connectivity index (χ1v) is 5.51. The maximum Gasteiger partial charge on any atom is 0.252 e. The van der Waals surface area contributed by atoms with Gasteiger partial charge in [-0.15, -0.1) is 6.58 Å². The van der Waals surface area contributed by atoms with E-state index in [4.69, 9.17) is 0 Å². The van der Waals surface area contributed by atoms with E-state index in [2.05, 4.69) is 27.0 Å². The molecule has 0 aromatic carbocycles. The molecule has 1 amide bonds. The highest BCUT2D eigenvalue weighted by Crippen LogP contribution is 2.03. The van der Waals surface area contributed by atoms with Crippen LogP contribution in [0.15, 0.2) is 43.6 Å². The highest BCUT2D eigenvalue weighted by molar-refractivity contribution is 5.93. The van der Waals surface area contributed by atoms with E-state index in [1.54, 1.807) is 24.5 Å². The molecular weight excluding hydrogens is 230 g/mol. The molecular formula is C12H13N5O. The molecule has 18 heavy (non-hydrogen) atoms. The predicted molar refractivity (Wildman–Crippen MR) is 66.3 cm³/mol. The van der Waals surface area contributed by atoms with Crippen LogP contribution >= 0.6 is 0 Å². The van der Waals surface area contributed by atoms with E-state index in [9.17, 15) is 4.79 Å². The zero-order chi connectivity index (χ0) is 12.8. The van der Waals surface area contributed by atoms with Crippen LogP contribution in [0, 0.1) is 0 Å². The standard InChI is InChI=1S/C12H13N5O/c1-2-3-6-14-12(18)10-4-5-11(15-7-10)17-9-13-8-16-17/h2,4-5,7-9H,1,3,6H2,(H,14,18). The average Bonchev–Trinajstić information content (AvgIpc) is 2.93. The molecule has 6 heteroatoms. The second-order valence-corrected chi connectivity index (χ2v) is 3.58. The van der Waals surface area contributed by atoms with Crippen molar-refractivity contribution >= 4 is 5.91 Å². The Morgan fingerprint density at radius 3 is 3.00 bits per heavy atom. The molecule has 0 saturated carbocycles. The summed E-state index contributed by atoms with van der Waals surface area (Å²) in [7, 11) is 0. The summed E-state index contributed by atoms with van der Waals surface area (Å²) in [5.41, 5.74) is 0.517. The molecule has 0 bridgehead atoms. The van der Waals surface area contributed by atoms with Crippen LogP contribution in [-0.4, -0.2) is 32.2 Å². The number of aromatic nitrogens is 4. The minimum atomic E-state index is -0.144. The predicted octanol–water partition coefficient (Wildman–Crippen LogP) is 0.968. The van der Waals surface area contributed by atoms with Gasteiger partial charge in [-0.25, -0.2) is 14.6 Å². The fraction of sp³-hybridized carbons (Fsp3) is 0.167. The first kappa shape index (κ1) is 12.0. The van der Waals surface area contributed by atoms with Gasteiger partial charge in [0.25, 0.3) is 5.91 Å². The number of pyridine rings is 1. The lowest BCUT2D eigenvalue weighted by atomic mass is 10.2. The second-order valence-electron chi connectivity index (χ2n) is 3.58. The Morgan fingerprint density at radius 2 is 2.39 bits per heavy atom. The summed E-state index contributed by atoms with van der Waals surface area (Å²) in [6, 6.07) is 3.42. The lowest BCUT2D eigenvalue weighted by Gasteiger charge is -2.04. The monoisotopic (exact) mass is 243 g/mol. The number of hydrogen-bond acceptors (Lipinski definition) is 4. The summed E-state index contributed by atoms with van der Waals surface area (Å²) in [6.45, 7) is 4.17. The summed E-state index contributed by atoms with van der Waals surface area (Å²) < 4.78 is 1.53. The van der Waals surface area contributed by atoms with Gasteiger partial charge in [0.2, 0.25) is 0 Å². The molecule has 0 unspecified atom stereocenters. The van der Waals surface area contributed by atoms with Crippen LogP contribution in [0.3, 0.4) is 0 Å². The third kappa shape index (κ3) is 2.79. The maximum absolute atomic E-state index is 11.7. The van der Waals surface area contributed by atoms with Gasteiger partial charge in [-0.3, -0.25) is 4.79 Å². The zero-order valence-electron chi connectivity index (χ0n) is 9.78. The molecule has 2 aromatic heterocycles. The maximum atomic E-state index is 11.7. The molecule has 0 aliphatic heterocycles. The minimum Gasteiger partial charge on any atom is -0.352 e. The molecule has 0 atom stereocenters. The van der Waals surface area contributed by atoms with E-state index in [1.165, 1.54) is 17.2 Å². The van der Waals surface area contributed by atoms with Gasteiger partial charge >= 0.3 is 0 Å². The van der Waals surface area contributed by atoms with Crippen molar-refractivity contribution in [1.29, 1.82) is 0 Å². The van der Waals surface area contributed by atoms with Crippen molar-refractivity contribution < 1.29 is 4.79 Å². The average molecular weight is 243 g/mol. The van der Waals surface area contributed by atoms with Crippen molar-refractivity contribution in [3.05, 3.63) is 49.2 Å². The van der Waals surface area contributed by atoms with Crippen LogP contribution < -0.4 is 5.32 Å². The Labute approximate surface area is 104 Å². The van der Waals surface area contributed by atoms with E-state index in [1.807, 2.05) is 0 Å². The second kappa shape index (κ2) is 5.72. The molecule has 0 saturated heterocycles. The number of amides is 1. The summed E-state index contributed by atoms with van der Waals surface area (Å²) in [5, 5.41) is 6.72. The van der Waals surface area contributed by atoms with Crippen molar-refractivity contribution in [1.82, 2.24) is 25.1 Å². The highest BCUT2D eigenvalue weighted by Gasteiger charge is 2.05. The van der Waals surface area contributed by atoms with Gasteiger partial charge in [0.15, 0.2) is 5.82 Å². The first-order valence-electron chi connectivity index (χ1n) is 5.51. The number of carbonyl (C=O) groups is 1. The Balaban J connectivity index is 2.03. The molecule has 0 aliphatic rings. The Bertz CT molecular complexity index is 518. The third-order valence-corrected chi connectivity index (χ3v) is 2.30. The lowest BCUT2D eigenvalue weighted by Crippen LogP contribution is -2.24. The van der Waals surface area contributed by atoms with Gasteiger partial charge in [0.1, 0.15) is 12.7 Å². The molecule has 0 aliphatic carbocycles. The van der Waals surface area contributed by atoms with Gasteiger partial charge < -0.3 is 5.32 Å². The van der Waals surface area contributed by atoms with E-state index in [0.717, 1.165) is 6.42 Å². The number of rotatable bonds is 5. The van der Waals surface area contributed by atoms with Crippen LogP contribution in [0.2, 0.25) is 0 Å². The molecule has 1 N–H and O–H groups in total. The van der Waals surface area contributed by atoms with Crippen LogP contribution in [0.1, 0.15) is 16.8 Å². The molecule has 2 aromatic rings. The number of carbonyl (C=O) groups excluding carboxylic acids is 1. The molecule has 92 valence electrons. The van der Waals surface area contributed by atoms with Crippen LogP contribution in [0.5, 0.6) is 0 Å². The van der Waals surface area contributed by atoms with Gasteiger partial charge in [0, 0.05) is 12.7 Å². The first-order chi connectivity index (χ1) is 8.81. The van der Waals surface area contributed by atoms with Crippen molar-refractivity contribution in [2.45, 2.75) is 6.42 Å². The van der Waals surface area contributed by atoms with E-state index in [-0.39, 0.29) is 5.91 Å². The third-order valence-electron chi connectivity index (χ3n) is 2.30. The van der Waals surface area contributed by atoms with Crippen LogP contribution in [0.25, 0.3) is 5.82 Å². The van der Waals surface area contributed by atoms with Crippen molar-refractivity contribution in [3.8, 4) is 5.82 Å². The van der Waals surface area contributed by atoms with Crippen LogP contribution in [0.4, 0.5) is 0 Å². The smallest absolute Gasteiger partial charge is 0.252 e. The zero-order valence-corrected chi connectivity index (χ0v) is 9.78. The van der Waals surface area contributed by atoms with Crippen LogP contribution in [-0.2, 0) is 0 Å². The summed E-state index contributed by atoms with van der Waals surface area (Å²) in [4.78, 5) is 19.7. The molecule has 2 rings (SSSR count). The topological polar surface area (TPSA) is 72.7 Å². The Morgan fingerprint density at radius 1 is 1.50 bits per heavy atom. The summed E-state index contributed by atoms with van der Waals surface area (Å²) in [5.74, 6) is 0.477. The SMILES string of the molecule is C=CCCNC(=O)c1ccc(-n2cncn2)nc1. The Hall–Kier alpha value is -2.50. The molecule has 0 spiro atoms. The molecule has 2 heterocycles. The van der Waals surface area contributed by atoms with E-state index >= 15 is 0 Å². The quantitative estimate of drug-likeness (QED) is 0.627. The number of nitrogens with one attached hydrogen (secondary N) is 1. The molecule has 6 nitrogen and oxygen atoms in total. The Kier molecular flexibility index (Phi) is 3.80. The lowest BCUT2D eigenvalue weighted by molar-refractivity contribution is 0.0954. The normalized spacial score (nSPS) is 10.0. The fourth-order valence-electron chi connectivity index (χ4n) is 1.37. The van der Waals surface area contributed by atoms with Gasteiger partial charge in [-0.1, -0.05) is 6.08 Å². The van der Waals surface area contributed by atoms with Crippen molar-refractivity contribution in [2.75, 3.05) is 6.54 Å². The molecule has 0 fully saturated rings. The van der Waals surface area contributed by atoms with Gasteiger partial charge in [-0.2, -0.15) is 5.10 Å². The van der Waals surface area contributed by atoms with Gasteiger partial charge in [0.05, 0.1) is 5.56 Å². The van der Waals surface area contributed by atoms with Crippen molar-refractivity contribution in [2.24, 2.45) is 0 Å². The highest BCUT2D eigenvalue weighted by atomic mass is 16.1. The van der Waals surface area contributed by atoms with E-state index < -0.39 is 0 Å². The largest absolute Gasteiger partial charge is 0.352 e. The molecule has 0 radical (unpaired) electrons. The minimum absolute atomic E-state index is 0.144. The fourth-order valence-corrected chi connectivity index (χ4v) is 1.37. The number of hydrogen-bond donors (Lipinski definition) is 1. The summed E-state index contributed by atoms with van der Waals surface area (Å²) >= 11 is 0. The van der Waals surface area contributed by atoms with E-state index in [0.29, 0.717) is 17.9 Å². The van der Waals surface area contributed by atoms with Gasteiger partial charge in [-0.05, 0) is 18.6 Å². The number of nitrogens with zero attached hydrogens (tertiary/aromatic N) is 4. The van der Waals surface area contributed by atoms with Crippen molar-refractivity contribution in [3.63, 3.8) is 0 Å².